The summed E-state index contributed by atoms with van der Waals surface area (Å²) in [5.74, 6) is -0.831. The van der Waals surface area contributed by atoms with E-state index in [2.05, 4.69) is 20.0 Å². The number of benzene rings is 2. The Morgan fingerprint density at radius 3 is 2.60 bits per heavy atom. The highest BCUT2D eigenvalue weighted by atomic mass is 35.5. The Kier molecular flexibility index (Phi) is 10.1. The van der Waals surface area contributed by atoms with Gasteiger partial charge in [-0.1, -0.05) is 11.6 Å². The molecule has 4 aromatic rings. The highest BCUT2D eigenvalue weighted by Crippen LogP contribution is 2.37. The second-order valence-electron chi connectivity index (χ2n) is 9.47. The van der Waals surface area contributed by atoms with Crippen LogP contribution < -0.4 is 16.4 Å². The number of hydrogen-bond acceptors (Lipinski definition) is 8. The van der Waals surface area contributed by atoms with Crippen molar-refractivity contribution in [2.45, 2.75) is 25.6 Å². The number of nitrogens with one attached hydrogen (secondary N) is 2. The lowest BCUT2D eigenvalue weighted by atomic mass is 10.1. The average Bonchev–Trinajstić information content (AvgIpc) is 3.36. The summed E-state index contributed by atoms with van der Waals surface area (Å²) < 4.78 is 35.9. The smallest absolute Gasteiger partial charge is 0.323 e. The van der Waals surface area contributed by atoms with Crippen LogP contribution >= 0.6 is 22.9 Å². The number of amides is 3. The molecule has 0 aliphatic carbocycles. The maximum atomic E-state index is 13.4. The lowest BCUT2D eigenvalue weighted by Crippen LogP contribution is -2.19. The second-order valence-corrected chi connectivity index (χ2v) is 13.5. The van der Waals surface area contributed by atoms with Crippen LogP contribution in [0.15, 0.2) is 59.1 Å². The predicted molar refractivity (Wildman–Crippen MR) is 166 cm³/mol. The van der Waals surface area contributed by atoms with Crippen LogP contribution in [0.1, 0.15) is 29.6 Å². The van der Waals surface area contributed by atoms with Crippen molar-refractivity contribution in [3.63, 3.8) is 0 Å². The summed E-state index contributed by atoms with van der Waals surface area (Å²) in [5, 5.41) is 15.5. The quantitative estimate of drug-likeness (QED) is 0.117. The van der Waals surface area contributed by atoms with Crippen LogP contribution in [0.2, 0.25) is 5.02 Å². The highest BCUT2D eigenvalue weighted by molar-refractivity contribution is 7.93. The molecule has 0 aliphatic rings. The molecule has 5 N–H and O–H groups in total. The Labute approximate surface area is 251 Å². The standard InChI is InChI=1S/C28H29ClFN5O5S2/c1-40-25(36)5-3-4-10-42(2,39)35-27(37)17-12-20(26(31)32-15-17)24-13-16-11-18(7-9-23(16)41-24)33-28(38)34-19-6-8-22(30)21(29)14-19/h6-9,11-15,25,36H,3-5,10H2,1-2H3,(H2,31,32)(H2,33,34,38). The van der Waals surface area contributed by atoms with Gasteiger partial charge in [0.2, 0.25) is 0 Å². The van der Waals surface area contributed by atoms with Crippen LogP contribution in [0.25, 0.3) is 20.5 Å². The van der Waals surface area contributed by atoms with Gasteiger partial charge in [0.15, 0.2) is 6.29 Å². The summed E-state index contributed by atoms with van der Waals surface area (Å²) in [7, 11) is -1.39. The zero-order chi connectivity index (χ0) is 30.4. The van der Waals surface area contributed by atoms with E-state index in [-0.39, 0.29) is 22.2 Å². The normalized spacial score (nSPS) is 13.4. The Bertz CT molecular complexity index is 1760. The number of hydrogen-bond donors (Lipinski definition) is 4. The fraction of sp³-hybridized carbons (Fsp3) is 0.250. The molecular formula is C28H29ClFN5O5S2. The number of urea groups is 1. The Morgan fingerprint density at radius 1 is 1.17 bits per heavy atom. The molecule has 0 fully saturated rings. The van der Waals surface area contributed by atoms with Crippen molar-refractivity contribution in [1.82, 2.24) is 4.98 Å². The number of carbonyl (C=O) groups is 2. The first-order valence-electron chi connectivity index (χ1n) is 12.7. The molecule has 0 aliphatic heterocycles. The first-order chi connectivity index (χ1) is 19.9. The summed E-state index contributed by atoms with van der Waals surface area (Å²) in [6.07, 6.45) is 3.34. The number of carbonyl (C=O) groups excluding carboxylic acids is 2. The number of methoxy groups -OCH3 is 1. The molecular weight excluding hydrogens is 605 g/mol. The van der Waals surface area contributed by atoms with E-state index in [9.17, 15) is 23.3 Å². The molecule has 0 spiro atoms. The van der Waals surface area contributed by atoms with Crippen molar-refractivity contribution in [3.05, 3.63) is 71.1 Å². The Balaban J connectivity index is 1.48. The third-order valence-electron chi connectivity index (χ3n) is 6.15. The molecule has 0 bridgehead atoms. The van der Waals surface area contributed by atoms with Gasteiger partial charge in [0, 0.05) is 51.8 Å². The van der Waals surface area contributed by atoms with Gasteiger partial charge in [-0.25, -0.2) is 18.4 Å². The molecule has 0 saturated heterocycles. The number of unbranched alkanes of at least 4 members (excludes halogenated alkanes) is 1. The molecule has 14 heteroatoms. The minimum absolute atomic E-state index is 0.105. The number of aliphatic hydroxyl groups excluding tert-OH is 1. The number of fused-ring (bicyclic) bond motifs is 1. The van der Waals surface area contributed by atoms with Crippen molar-refractivity contribution >= 4 is 71.9 Å². The molecule has 4 rings (SSSR count). The molecule has 0 radical (unpaired) electrons. The van der Waals surface area contributed by atoms with Crippen molar-refractivity contribution in [2.75, 3.05) is 35.5 Å². The van der Waals surface area contributed by atoms with E-state index in [1.807, 2.05) is 12.1 Å². The third-order valence-corrected chi connectivity index (χ3v) is 9.19. The van der Waals surface area contributed by atoms with Gasteiger partial charge in [-0.3, -0.25) is 4.79 Å². The average molecular weight is 634 g/mol. The zero-order valence-corrected chi connectivity index (χ0v) is 25.1. The predicted octanol–water partition coefficient (Wildman–Crippen LogP) is 6.36. The maximum absolute atomic E-state index is 13.4. The lowest BCUT2D eigenvalue weighted by Gasteiger charge is -2.08. The number of rotatable bonds is 10. The number of pyridine rings is 1. The number of nitrogens with zero attached hydrogens (tertiary/aromatic N) is 2. The number of thiophene rings is 1. The van der Waals surface area contributed by atoms with Crippen molar-refractivity contribution in [2.24, 2.45) is 4.36 Å². The minimum Gasteiger partial charge on any atom is -0.383 e. The molecule has 222 valence electrons. The van der Waals surface area contributed by atoms with Gasteiger partial charge in [-0.2, -0.15) is 4.36 Å². The van der Waals surface area contributed by atoms with E-state index < -0.39 is 33.8 Å². The monoisotopic (exact) mass is 633 g/mol. The largest absolute Gasteiger partial charge is 0.383 e. The summed E-state index contributed by atoms with van der Waals surface area (Å²) in [5.41, 5.74) is 7.67. The third kappa shape index (κ3) is 8.23. The molecule has 0 saturated carbocycles. The first kappa shape index (κ1) is 31.3. The van der Waals surface area contributed by atoms with Gasteiger partial charge < -0.3 is 26.2 Å². The molecule has 2 atom stereocenters. The number of nitrogen functional groups attached to an aromatic ring is 1. The van der Waals surface area contributed by atoms with Gasteiger partial charge in [0.1, 0.15) is 11.6 Å². The van der Waals surface area contributed by atoms with Crippen molar-refractivity contribution in [3.8, 4) is 10.4 Å². The number of ether oxygens (including phenoxy) is 1. The van der Waals surface area contributed by atoms with Crippen LogP contribution in [-0.4, -0.2) is 51.6 Å². The lowest BCUT2D eigenvalue weighted by molar-refractivity contribution is -0.0790. The summed E-state index contributed by atoms with van der Waals surface area (Å²) in [4.78, 5) is 30.2. The van der Waals surface area contributed by atoms with E-state index in [0.717, 1.165) is 21.0 Å². The summed E-state index contributed by atoms with van der Waals surface area (Å²) >= 11 is 7.19. The van der Waals surface area contributed by atoms with Crippen molar-refractivity contribution in [1.29, 1.82) is 0 Å². The molecule has 2 aromatic carbocycles. The molecule has 2 heterocycles. The number of aromatic nitrogens is 1. The van der Waals surface area contributed by atoms with Gasteiger partial charge in [0.05, 0.1) is 20.3 Å². The minimum atomic E-state index is -2.80. The molecule has 42 heavy (non-hydrogen) atoms. The van der Waals surface area contributed by atoms with Crippen LogP contribution in [0.5, 0.6) is 0 Å². The topological polar surface area (TPSA) is 156 Å². The van der Waals surface area contributed by atoms with Crippen molar-refractivity contribution < 1.29 is 28.0 Å². The molecule has 2 aromatic heterocycles. The van der Waals surface area contributed by atoms with Crippen LogP contribution in [0, 0.1) is 5.82 Å². The fourth-order valence-corrected chi connectivity index (χ4v) is 6.53. The van der Waals surface area contributed by atoms with Gasteiger partial charge in [-0.15, -0.1) is 11.3 Å². The summed E-state index contributed by atoms with van der Waals surface area (Å²) in [6, 6.07) is 12.1. The number of anilines is 3. The molecule has 10 nitrogen and oxygen atoms in total. The van der Waals surface area contributed by atoms with E-state index in [4.69, 9.17) is 22.1 Å². The maximum Gasteiger partial charge on any atom is 0.323 e. The van der Waals surface area contributed by atoms with Crippen LogP contribution in [-0.2, 0) is 14.5 Å². The highest BCUT2D eigenvalue weighted by Gasteiger charge is 2.16. The Hall–Kier alpha value is -3.62. The van der Waals surface area contributed by atoms with E-state index in [1.165, 1.54) is 43.0 Å². The first-order valence-corrected chi connectivity index (χ1v) is 16.0. The van der Waals surface area contributed by atoms with Gasteiger partial charge in [-0.05, 0) is 73.2 Å². The molecule has 3 amide bonds. The van der Waals surface area contributed by atoms with Crippen LogP contribution in [0.4, 0.5) is 26.4 Å². The number of halogens is 2. The number of nitrogens with two attached hydrogens (primary N) is 1. The molecule has 2 unspecified atom stereocenters. The van der Waals surface area contributed by atoms with Crippen LogP contribution in [0.3, 0.4) is 0 Å². The van der Waals surface area contributed by atoms with Gasteiger partial charge in [0.25, 0.3) is 5.91 Å². The SMILES string of the molecule is COC(O)CCCCS(C)(=O)=NC(=O)c1cnc(N)c(-c2cc3cc(NC(=O)Nc4ccc(F)c(Cl)c4)ccc3s2)c1. The zero-order valence-electron chi connectivity index (χ0n) is 22.7. The summed E-state index contributed by atoms with van der Waals surface area (Å²) in [6.45, 7) is 0. The van der Waals surface area contributed by atoms with E-state index >= 15 is 0 Å². The number of aliphatic hydroxyl groups is 1. The van der Waals surface area contributed by atoms with E-state index in [1.54, 1.807) is 18.2 Å². The van der Waals surface area contributed by atoms with E-state index in [0.29, 0.717) is 36.2 Å². The van der Waals surface area contributed by atoms with Gasteiger partial charge >= 0.3 is 6.03 Å². The Morgan fingerprint density at radius 2 is 1.88 bits per heavy atom. The fourth-order valence-electron chi connectivity index (χ4n) is 3.99. The second kappa shape index (κ2) is 13.6.